The van der Waals surface area contributed by atoms with Gasteiger partial charge in [0.15, 0.2) is 11.5 Å². The van der Waals surface area contributed by atoms with Crippen molar-refractivity contribution in [3.05, 3.63) is 70.8 Å². The fraction of sp³-hybridized carbons (Fsp3) is 0.261. The van der Waals surface area contributed by atoms with Crippen LogP contribution in [0.25, 0.3) is 21.9 Å². The molecule has 2 atom stereocenters. The Morgan fingerprint density at radius 3 is 2.83 bits per heavy atom. The minimum atomic E-state index is -0.236. The molecule has 7 heteroatoms. The molecule has 0 spiro atoms. The van der Waals surface area contributed by atoms with Crippen LogP contribution in [0.2, 0.25) is 5.02 Å². The lowest BCUT2D eigenvalue weighted by Crippen LogP contribution is -2.35. The van der Waals surface area contributed by atoms with E-state index in [4.69, 9.17) is 21.4 Å². The van der Waals surface area contributed by atoms with Crippen molar-refractivity contribution in [2.75, 3.05) is 6.54 Å². The average Bonchev–Trinajstić information content (AvgIpc) is 3.24. The number of halogens is 2. The molecule has 1 aliphatic heterocycles. The van der Waals surface area contributed by atoms with Crippen LogP contribution in [0.4, 0.5) is 4.39 Å². The van der Waals surface area contributed by atoms with Gasteiger partial charge in [-0.15, -0.1) is 0 Å². The number of oxazole rings is 1. The van der Waals surface area contributed by atoms with Crippen molar-refractivity contribution in [1.82, 2.24) is 10.3 Å². The number of benzene rings is 2. The molecule has 1 unspecified atom stereocenters. The number of aromatic nitrogens is 1. The van der Waals surface area contributed by atoms with Crippen LogP contribution in [-0.4, -0.2) is 23.8 Å². The molecule has 0 bridgehead atoms. The fourth-order valence-corrected chi connectivity index (χ4v) is 3.64. The summed E-state index contributed by atoms with van der Waals surface area (Å²) in [4.78, 5) is 8.58. The van der Waals surface area contributed by atoms with Gasteiger partial charge in [0.25, 0.3) is 0 Å². The summed E-state index contributed by atoms with van der Waals surface area (Å²) >= 11 is 5.94. The van der Waals surface area contributed by atoms with Crippen LogP contribution in [0.1, 0.15) is 31.6 Å². The van der Waals surface area contributed by atoms with E-state index in [1.807, 2.05) is 18.2 Å². The molecule has 0 aliphatic carbocycles. The molecule has 4 aromatic rings. The summed E-state index contributed by atoms with van der Waals surface area (Å²) in [5.41, 5.74) is 1.68. The third-order valence-corrected chi connectivity index (χ3v) is 5.43. The van der Waals surface area contributed by atoms with E-state index in [1.165, 1.54) is 30.8 Å². The number of rotatable bonds is 3. The van der Waals surface area contributed by atoms with E-state index < -0.39 is 0 Å². The molecule has 30 heavy (non-hydrogen) atoms. The monoisotopic (exact) mass is 424 g/mol. The third kappa shape index (κ3) is 4.66. The quantitative estimate of drug-likeness (QED) is 0.441. The van der Waals surface area contributed by atoms with Gasteiger partial charge in [-0.3, -0.25) is 4.99 Å². The zero-order chi connectivity index (χ0) is 21.1. The Hall–Kier alpha value is -2.83. The largest absolute Gasteiger partial charge is 0.440 e. The number of allylic oxidation sites excluding steroid dienone is 1. The van der Waals surface area contributed by atoms with Gasteiger partial charge in [-0.2, -0.15) is 0 Å². The molecule has 1 saturated heterocycles. The molecule has 0 amide bonds. The van der Waals surface area contributed by atoms with Crippen molar-refractivity contribution in [1.29, 1.82) is 5.41 Å². The van der Waals surface area contributed by atoms with Gasteiger partial charge in [0, 0.05) is 46.7 Å². The molecule has 3 aromatic carbocycles. The highest BCUT2D eigenvalue weighted by Crippen LogP contribution is 2.28. The molecule has 5 nitrogen and oxygen atoms in total. The summed E-state index contributed by atoms with van der Waals surface area (Å²) in [6.07, 6.45) is 6.50. The summed E-state index contributed by atoms with van der Waals surface area (Å²) < 4.78 is 18.4. The molecular weight excluding hydrogens is 403 g/mol. The van der Waals surface area contributed by atoms with Crippen LogP contribution in [0.15, 0.2) is 58.1 Å². The highest BCUT2D eigenvalue weighted by Gasteiger charge is 2.23. The van der Waals surface area contributed by atoms with Gasteiger partial charge >= 0.3 is 0 Å². The number of nitrogens with zero attached hydrogens (tertiary/aromatic N) is 2. The molecule has 1 aliphatic rings. The number of hydrogen-bond acceptors (Lipinski definition) is 5. The first-order valence-corrected chi connectivity index (χ1v) is 10.3. The van der Waals surface area contributed by atoms with E-state index in [0.717, 1.165) is 52.3 Å². The van der Waals surface area contributed by atoms with Crippen LogP contribution in [0.5, 0.6) is 0 Å². The molecule has 0 saturated carbocycles. The van der Waals surface area contributed by atoms with E-state index in [1.54, 1.807) is 6.07 Å². The number of piperidine rings is 1. The highest BCUT2D eigenvalue weighted by molar-refractivity contribution is 6.31. The normalized spacial score (nSPS) is 20.2. The summed E-state index contributed by atoms with van der Waals surface area (Å²) in [6, 6.07) is 10.8. The van der Waals surface area contributed by atoms with Gasteiger partial charge in [-0.1, -0.05) is 11.6 Å². The first-order chi connectivity index (χ1) is 14.5. The van der Waals surface area contributed by atoms with E-state index in [-0.39, 0.29) is 5.82 Å². The molecule has 5 rings (SSSR count). The van der Waals surface area contributed by atoms with E-state index in [9.17, 15) is 4.39 Å². The molecule has 154 valence electrons. The van der Waals surface area contributed by atoms with Gasteiger partial charge in [0.05, 0.1) is 5.36 Å². The van der Waals surface area contributed by atoms with Crippen molar-refractivity contribution in [2.45, 2.75) is 31.7 Å². The zero-order valence-corrected chi connectivity index (χ0v) is 17.3. The molecule has 2 heterocycles. The Balaban J connectivity index is 0.000000151. The maximum Gasteiger partial charge on any atom is 0.199 e. The number of nitrogens with one attached hydrogen (secondary N) is 2. The minimum Gasteiger partial charge on any atom is -0.440 e. The van der Waals surface area contributed by atoms with E-state index in [2.05, 4.69) is 22.2 Å². The van der Waals surface area contributed by atoms with Gasteiger partial charge in [0.2, 0.25) is 0 Å². The lowest BCUT2D eigenvalue weighted by atomic mass is 9.95. The lowest BCUT2D eigenvalue weighted by Gasteiger charge is -2.25. The number of hydrogen-bond donors (Lipinski definition) is 2. The maximum absolute atomic E-state index is 12.7. The molecule has 1 fully saturated rings. The van der Waals surface area contributed by atoms with Crippen LogP contribution in [0.3, 0.4) is 0 Å². The maximum atomic E-state index is 12.7. The van der Waals surface area contributed by atoms with Crippen molar-refractivity contribution < 1.29 is 8.81 Å². The zero-order valence-electron chi connectivity index (χ0n) is 16.5. The predicted octanol–water partition coefficient (Wildman–Crippen LogP) is 5.26. The van der Waals surface area contributed by atoms with Crippen LogP contribution in [0, 0.1) is 11.2 Å². The van der Waals surface area contributed by atoms with Gasteiger partial charge in [0.1, 0.15) is 11.3 Å². The molecule has 0 radical (unpaired) electrons. The summed E-state index contributed by atoms with van der Waals surface area (Å²) in [7, 11) is 0. The lowest BCUT2D eigenvalue weighted by molar-refractivity contribution is 0.342. The summed E-state index contributed by atoms with van der Waals surface area (Å²) in [5.74, 6) is 0.985. The van der Waals surface area contributed by atoms with Gasteiger partial charge in [-0.25, -0.2) is 9.37 Å². The summed E-state index contributed by atoms with van der Waals surface area (Å²) in [5, 5.41) is 13.6. The minimum absolute atomic E-state index is 0.236. The van der Waals surface area contributed by atoms with Crippen LogP contribution >= 0.6 is 11.6 Å². The Kier molecular flexibility index (Phi) is 6.06. The standard InChI is InChI=1S/C13H15ClN2O.C10H7FN2/c1-8-2-3-9(7-15-8)13-16-11-6-10(14)4-5-12(11)17-13;11-7-2-3-8-9(6-7)10(8)13-5-1-4-12/h4-6,8-9,15H,2-3,7H2,1H3;1-6,12H/b;5-1-,12-4?,13-10?/t8-,9?;/m1./s1. The average molecular weight is 425 g/mol. The van der Waals surface area contributed by atoms with E-state index in [0.29, 0.717) is 17.0 Å². The molecule has 1 aromatic heterocycles. The van der Waals surface area contributed by atoms with Gasteiger partial charge < -0.3 is 15.1 Å². The number of fused-ring (bicyclic) bond motifs is 2. The molecule has 2 N–H and O–H groups in total. The van der Waals surface area contributed by atoms with Crippen molar-refractivity contribution in [2.24, 2.45) is 4.99 Å². The highest BCUT2D eigenvalue weighted by atomic mass is 35.5. The first-order valence-electron chi connectivity index (χ1n) is 9.88. The smallest absolute Gasteiger partial charge is 0.199 e. The first kappa shape index (κ1) is 20.4. The van der Waals surface area contributed by atoms with Gasteiger partial charge in [-0.05, 0) is 62.2 Å². The topological polar surface area (TPSA) is 74.3 Å². The van der Waals surface area contributed by atoms with E-state index >= 15 is 0 Å². The predicted molar refractivity (Wildman–Crippen MR) is 118 cm³/mol. The van der Waals surface area contributed by atoms with Crippen LogP contribution < -0.4 is 10.7 Å². The summed E-state index contributed by atoms with van der Waals surface area (Å²) in [6.45, 7) is 3.16. The second kappa shape index (κ2) is 8.90. The Morgan fingerprint density at radius 2 is 2.10 bits per heavy atom. The van der Waals surface area contributed by atoms with Crippen molar-refractivity contribution in [3.63, 3.8) is 0 Å². The van der Waals surface area contributed by atoms with Crippen molar-refractivity contribution >= 4 is 39.7 Å². The fourth-order valence-electron chi connectivity index (χ4n) is 3.47. The SMILES string of the molecule is C[C@@H]1CCC(c2nc3cc(Cl)ccc3o2)CN1.N=C/C=C\N=c1c2ccc(F)cc12. The Morgan fingerprint density at radius 1 is 1.23 bits per heavy atom. The third-order valence-electron chi connectivity index (χ3n) is 5.19. The molecular formula is C23H22ClFN4O. The van der Waals surface area contributed by atoms with Crippen molar-refractivity contribution in [3.8, 4) is 0 Å². The Bertz CT molecular complexity index is 1230. The second-order valence-corrected chi connectivity index (χ2v) is 7.86. The Labute approximate surface area is 178 Å². The van der Waals surface area contributed by atoms with Crippen LogP contribution in [-0.2, 0) is 0 Å². The second-order valence-electron chi connectivity index (χ2n) is 7.42.